The van der Waals surface area contributed by atoms with E-state index in [1.807, 2.05) is 18.2 Å². The van der Waals surface area contributed by atoms with Gasteiger partial charge in [-0.05, 0) is 24.1 Å². The van der Waals surface area contributed by atoms with Crippen LogP contribution in [0.1, 0.15) is 12.0 Å². The second-order valence-corrected chi connectivity index (χ2v) is 3.71. The van der Waals surface area contributed by atoms with E-state index < -0.39 is 0 Å². The number of carbonyl (C=O) groups is 1. The number of hydrogen-bond donors (Lipinski definition) is 1. The standard InChI is InChI=1S/C12H15NO4/c1-15-13-12(14)5-3-9-2-4-10-11(8-9)17-7-6-16-10/h2,4,8H,3,5-7H2,1H3,(H,13,14). The number of aryl methyl sites for hydroxylation is 1. The lowest BCUT2D eigenvalue weighted by Crippen LogP contribution is -2.22. The Bertz CT molecular complexity index is 405. The normalized spacial score (nSPS) is 13.2. The molecule has 0 fully saturated rings. The summed E-state index contributed by atoms with van der Waals surface area (Å²) in [7, 11) is 1.42. The van der Waals surface area contributed by atoms with Crippen LogP contribution in [-0.2, 0) is 16.1 Å². The Morgan fingerprint density at radius 1 is 1.35 bits per heavy atom. The molecule has 1 N–H and O–H groups in total. The molecule has 1 aliphatic heterocycles. The fraction of sp³-hybridized carbons (Fsp3) is 0.417. The van der Waals surface area contributed by atoms with Gasteiger partial charge in [0.25, 0.3) is 0 Å². The van der Waals surface area contributed by atoms with Gasteiger partial charge in [0.15, 0.2) is 11.5 Å². The van der Waals surface area contributed by atoms with E-state index in [9.17, 15) is 4.79 Å². The van der Waals surface area contributed by atoms with Crippen LogP contribution in [0.15, 0.2) is 18.2 Å². The number of hydrogen-bond acceptors (Lipinski definition) is 4. The molecule has 1 aromatic carbocycles. The van der Waals surface area contributed by atoms with Gasteiger partial charge in [-0.2, -0.15) is 0 Å². The first-order valence-electron chi connectivity index (χ1n) is 5.50. The summed E-state index contributed by atoms with van der Waals surface area (Å²) in [4.78, 5) is 15.8. The average Bonchev–Trinajstić information content (AvgIpc) is 2.36. The molecule has 0 unspecified atom stereocenters. The maximum atomic E-state index is 11.2. The van der Waals surface area contributed by atoms with Crippen molar-refractivity contribution in [1.82, 2.24) is 5.48 Å². The third-order valence-corrected chi connectivity index (χ3v) is 2.46. The van der Waals surface area contributed by atoms with Crippen LogP contribution >= 0.6 is 0 Å². The molecule has 0 radical (unpaired) electrons. The van der Waals surface area contributed by atoms with E-state index in [2.05, 4.69) is 10.3 Å². The van der Waals surface area contributed by atoms with Crippen molar-refractivity contribution in [3.63, 3.8) is 0 Å². The predicted octanol–water partition coefficient (Wildman–Crippen LogP) is 1.07. The van der Waals surface area contributed by atoms with E-state index in [1.54, 1.807) is 0 Å². The van der Waals surface area contributed by atoms with Crippen molar-refractivity contribution in [2.75, 3.05) is 20.3 Å². The summed E-state index contributed by atoms with van der Waals surface area (Å²) >= 11 is 0. The van der Waals surface area contributed by atoms with Crippen LogP contribution in [0.4, 0.5) is 0 Å². The Hall–Kier alpha value is -1.75. The van der Waals surface area contributed by atoms with Crippen LogP contribution < -0.4 is 15.0 Å². The molecule has 0 aliphatic carbocycles. The molecular weight excluding hydrogens is 222 g/mol. The van der Waals surface area contributed by atoms with Gasteiger partial charge in [0.1, 0.15) is 13.2 Å². The first kappa shape index (κ1) is 11.7. The largest absolute Gasteiger partial charge is 0.486 e. The highest BCUT2D eigenvalue weighted by Crippen LogP contribution is 2.30. The number of amides is 1. The molecular formula is C12H15NO4. The zero-order chi connectivity index (χ0) is 12.1. The van der Waals surface area contributed by atoms with Crippen LogP contribution in [0, 0.1) is 0 Å². The minimum absolute atomic E-state index is 0.137. The van der Waals surface area contributed by atoms with Crippen LogP contribution in [0.3, 0.4) is 0 Å². The summed E-state index contributed by atoms with van der Waals surface area (Å²) in [5, 5.41) is 0. The lowest BCUT2D eigenvalue weighted by atomic mass is 10.1. The molecule has 1 aliphatic rings. The smallest absolute Gasteiger partial charge is 0.243 e. The highest BCUT2D eigenvalue weighted by atomic mass is 16.6. The molecule has 2 rings (SSSR count). The van der Waals surface area contributed by atoms with Gasteiger partial charge in [-0.25, -0.2) is 5.48 Å². The summed E-state index contributed by atoms with van der Waals surface area (Å²) in [6.07, 6.45) is 1.03. The number of carbonyl (C=O) groups excluding carboxylic acids is 1. The van der Waals surface area contributed by atoms with Gasteiger partial charge in [0.2, 0.25) is 5.91 Å². The minimum Gasteiger partial charge on any atom is -0.486 e. The molecule has 0 saturated heterocycles. The lowest BCUT2D eigenvalue weighted by molar-refractivity contribution is -0.131. The van der Waals surface area contributed by atoms with E-state index in [4.69, 9.17) is 9.47 Å². The van der Waals surface area contributed by atoms with Crippen LogP contribution in [0.5, 0.6) is 11.5 Å². The van der Waals surface area contributed by atoms with Crippen LogP contribution in [0.25, 0.3) is 0 Å². The molecule has 5 nitrogen and oxygen atoms in total. The fourth-order valence-electron chi connectivity index (χ4n) is 1.67. The first-order valence-corrected chi connectivity index (χ1v) is 5.50. The highest BCUT2D eigenvalue weighted by Gasteiger charge is 2.12. The molecule has 92 valence electrons. The summed E-state index contributed by atoms with van der Waals surface area (Å²) < 4.78 is 10.9. The van der Waals surface area contributed by atoms with Crippen molar-refractivity contribution in [2.45, 2.75) is 12.8 Å². The fourth-order valence-corrected chi connectivity index (χ4v) is 1.67. The average molecular weight is 237 g/mol. The molecule has 5 heteroatoms. The van der Waals surface area contributed by atoms with Gasteiger partial charge in [0, 0.05) is 6.42 Å². The molecule has 1 aromatic rings. The summed E-state index contributed by atoms with van der Waals surface area (Å²) in [6, 6.07) is 5.72. The molecule has 0 atom stereocenters. The van der Waals surface area contributed by atoms with E-state index >= 15 is 0 Å². The van der Waals surface area contributed by atoms with Gasteiger partial charge >= 0.3 is 0 Å². The van der Waals surface area contributed by atoms with Crippen molar-refractivity contribution in [2.24, 2.45) is 0 Å². The maximum Gasteiger partial charge on any atom is 0.243 e. The van der Waals surface area contributed by atoms with Crippen molar-refractivity contribution in [3.8, 4) is 11.5 Å². The number of rotatable bonds is 4. The van der Waals surface area contributed by atoms with Crippen LogP contribution in [0.2, 0.25) is 0 Å². The van der Waals surface area contributed by atoms with Crippen LogP contribution in [-0.4, -0.2) is 26.2 Å². The van der Waals surface area contributed by atoms with Crippen molar-refractivity contribution in [1.29, 1.82) is 0 Å². The summed E-state index contributed by atoms with van der Waals surface area (Å²) in [5.74, 6) is 1.38. The molecule has 0 saturated carbocycles. The Balaban J connectivity index is 1.95. The van der Waals surface area contributed by atoms with E-state index in [1.165, 1.54) is 7.11 Å². The van der Waals surface area contributed by atoms with Gasteiger partial charge < -0.3 is 9.47 Å². The Labute approximate surface area is 99.6 Å². The first-order chi connectivity index (χ1) is 8.29. The number of ether oxygens (including phenoxy) is 2. The Kier molecular flexibility index (Phi) is 3.82. The zero-order valence-electron chi connectivity index (χ0n) is 9.69. The van der Waals surface area contributed by atoms with E-state index in [0.717, 1.165) is 17.1 Å². The summed E-state index contributed by atoms with van der Waals surface area (Å²) in [5.41, 5.74) is 3.33. The SMILES string of the molecule is CONC(=O)CCc1ccc2c(c1)OCCO2. The Morgan fingerprint density at radius 2 is 2.12 bits per heavy atom. The molecule has 0 spiro atoms. The van der Waals surface area contributed by atoms with E-state index in [0.29, 0.717) is 26.1 Å². The van der Waals surface area contributed by atoms with Gasteiger partial charge in [-0.1, -0.05) is 6.07 Å². The second kappa shape index (κ2) is 5.54. The van der Waals surface area contributed by atoms with Crippen molar-refractivity contribution < 1.29 is 19.1 Å². The Morgan fingerprint density at radius 3 is 2.88 bits per heavy atom. The third-order valence-electron chi connectivity index (χ3n) is 2.46. The molecule has 1 amide bonds. The minimum atomic E-state index is -0.137. The van der Waals surface area contributed by atoms with Crippen molar-refractivity contribution in [3.05, 3.63) is 23.8 Å². The predicted molar refractivity (Wildman–Crippen MR) is 60.9 cm³/mol. The second-order valence-electron chi connectivity index (χ2n) is 3.71. The topological polar surface area (TPSA) is 56.8 Å². The molecule has 0 aromatic heterocycles. The van der Waals surface area contributed by atoms with Gasteiger partial charge in [-0.15, -0.1) is 0 Å². The van der Waals surface area contributed by atoms with Gasteiger partial charge in [-0.3, -0.25) is 9.63 Å². The number of fused-ring (bicyclic) bond motifs is 1. The maximum absolute atomic E-state index is 11.2. The highest BCUT2D eigenvalue weighted by molar-refractivity contribution is 5.75. The number of benzene rings is 1. The molecule has 1 heterocycles. The van der Waals surface area contributed by atoms with E-state index in [-0.39, 0.29) is 5.91 Å². The quantitative estimate of drug-likeness (QED) is 0.796. The number of hydroxylamine groups is 1. The zero-order valence-corrected chi connectivity index (χ0v) is 9.69. The van der Waals surface area contributed by atoms with Gasteiger partial charge in [0.05, 0.1) is 7.11 Å². The number of nitrogens with one attached hydrogen (secondary N) is 1. The van der Waals surface area contributed by atoms with Crippen molar-refractivity contribution >= 4 is 5.91 Å². The summed E-state index contributed by atoms with van der Waals surface area (Å²) in [6.45, 7) is 1.16. The molecule has 17 heavy (non-hydrogen) atoms. The lowest BCUT2D eigenvalue weighted by Gasteiger charge is -2.18. The third kappa shape index (κ3) is 3.10. The molecule has 0 bridgehead atoms. The monoisotopic (exact) mass is 237 g/mol.